The topological polar surface area (TPSA) is 79.2 Å². The van der Waals surface area contributed by atoms with Crippen LogP contribution in [0, 0.1) is 0 Å². The van der Waals surface area contributed by atoms with E-state index < -0.39 is 0 Å². The standard InChI is InChI=1S/C20H25N7O/c1-3-15-5-4-6-16(11-15)24-18(28)13-26-7-9-27(10-8-26)20-17-12-23-25(2)19(17)21-14-22-20/h4-6,11-12,14H,3,7-10,13H2,1-2H3,(H,24,28). The molecule has 28 heavy (non-hydrogen) atoms. The average molecular weight is 379 g/mol. The molecule has 0 unspecified atom stereocenters. The minimum absolute atomic E-state index is 0.0263. The Balaban J connectivity index is 1.34. The van der Waals surface area contributed by atoms with Crippen molar-refractivity contribution in [1.29, 1.82) is 0 Å². The highest BCUT2D eigenvalue weighted by Gasteiger charge is 2.22. The lowest BCUT2D eigenvalue weighted by Crippen LogP contribution is -2.49. The number of aromatic nitrogens is 4. The molecule has 0 radical (unpaired) electrons. The van der Waals surface area contributed by atoms with E-state index in [1.165, 1.54) is 5.56 Å². The molecule has 3 heterocycles. The summed E-state index contributed by atoms with van der Waals surface area (Å²) in [7, 11) is 1.88. The summed E-state index contributed by atoms with van der Waals surface area (Å²) in [6.07, 6.45) is 4.36. The molecule has 0 spiro atoms. The number of nitrogens with one attached hydrogen (secondary N) is 1. The van der Waals surface area contributed by atoms with Crippen LogP contribution in [0.5, 0.6) is 0 Å². The molecule has 0 aliphatic carbocycles. The normalized spacial score (nSPS) is 15.1. The number of hydrogen-bond donors (Lipinski definition) is 1. The maximum absolute atomic E-state index is 12.4. The van der Waals surface area contributed by atoms with Crippen LogP contribution in [0.15, 0.2) is 36.8 Å². The summed E-state index contributed by atoms with van der Waals surface area (Å²) in [6.45, 7) is 5.77. The number of benzene rings is 1. The van der Waals surface area contributed by atoms with E-state index in [2.05, 4.69) is 43.2 Å². The molecule has 4 rings (SSSR count). The summed E-state index contributed by atoms with van der Waals surface area (Å²) in [5, 5.41) is 8.25. The Morgan fingerprint density at radius 3 is 2.79 bits per heavy atom. The Labute approximate surface area is 164 Å². The Morgan fingerprint density at radius 2 is 2.00 bits per heavy atom. The lowest BCUT2D eigenvalue weighted by molar-refractivity contribution is -0.117. The molecule has 1 saturated heterocycles. The van der Waals surface area contributed by atoms with Crippen molar-refractivity contribution in [3.05, 3.63) is 42.4 Å². The summed E-state index contributed by atoms with van der Waals surface area (Å²) >= 11 is 0. The third-order valence-corrected chi connectivity index (χ3v) is 5.17. The van der Waals surface area contributed by atoms with Gasteiger partial charge in [-0.3, -0.25) is 14.4 Å². The zero-order chi connectivity index (χ0) is 19.5. The van der Waals surface area contributed by atoms with E-state index in [0.29, 0.717) is 6.54 Å². The van der Waals surface area contributed by atoms with Crippen molar-refractivity contribution in [3.63, 3.8) is 0 Å². The van der Waals surface area contributed by atoms with E-state index in [0.717, 1.165) is 55.1 Å². The second kappa shape index (κ2) is 7.93. The van der Waals surface area contributed by atoms with Crippen LogP contribution >= 0.6 is 0 Å². The van der Waals surface area contributed by atoms with Crippen LogP contribution in [-0.2, 0) is 18.3 Å². The fourth-order valence-corrected chi connectivity index (χ4v) is 3.59. The zero-order valence-corrected chi connectivity index (χ0v) is 16.3. The van der Waals surface area contributed by atoms with E-state index in [1.54, 1.807) is 11.0 Å². The van der Waals surface area contributed by atoms with Crippen LogP contribution in [0.3, 0.4) is 0 Å². The first-order valence-corrected chi connectivity index (χ1v) is 9.63. The van der Waals surface area contributed by atoms with Crippen LogP contribution in [-0.4, -0.2) is 63.3 Å². The third kappa shape index (κ3) is 3.82. The van der Waals surface area contributed by atoms with Gasteiger partial charge in [-0.2, -0.15) is 5.10 Å². The van der Waals surface area contributed by atoms with Gasteiger partial charge < -0.3 is 10.2 Å². The minimum atomic E-state index is 0.0263. The third-order valence-electron chi connectivity index (χ3n) is 5.17. The van der Waals surface area contributed by atoms with Crippen LogP contribution in [0.25, 0.3) is 11.0 Å². The van der Waals surface area contributed by atoms with Crippen LogP contribution in [0.4, 0.5) is 11.5 Å². The number of carbonyl (C=O) groups excluding carboxylic acids is 1. The Morgan fingerprint density at radius 1 is 1.18 bits per heavy atom. The first-order chi connectivity index (χ1) is 13.6. The summed E-state index contributed by atoms with van der Waals surface area (Å²) in [6, 6.07) is 8.02. The molecule has 1 fully saturated rings. The van der Waals surface area contributed by atoms with Crippen molar-refractivity contribution in [2.45, 2.75) is 13.3 Å². The number of anilines is 2. The number of nitrogens with zero attached hydrogens (tertiary/aromatic N) is 6. The molecule has 2 aromatic heterocycles. The highest BCUT2D eigenvalue weighted by molar-refractivity contribution is 5.92. The minimum Gasteiger partial charge on any atom is -0.353 e. The Hall–Kier alpha value is -3.00. The van der Waals surface area contributed by atoms with Gasteiger partial charge in [-0.15, -0.1) is 0 Å². The van der Waals surface area contributed by atoms with E-state index in [4.69, 9.17) is 0 Å². The van der Waals surface area contributed by atoms with Gasteiger partial charge in [0, 0.05) is 38.9 Å². The molecule has 1 aromatic carbocycles. The number of rotatable bonds is 5. The van der Waals surface area contributed by atoms with Crippen molar-refractivity contribution in [1.82, 2.24) is 24.6 Å². The number of fused-ring (bicyclic) bond motifs is 1. The van der Waals surface area contributed by atoms with Gasteiger partial charge in [-0.1, -0.05) is 19.1 Å². The molecule has 3 aromatic rings. The average Bonchev–Trinajstić information content (AvgIpc) is 3.10. The van der Waals surface area contributed by atoms with E-state index >= 15 is 0 Å². The molecule has 1 amide bonds. The second-order valence-electron chi connectivity index (χ2n) is 7.07. The van der Waals surface area contributed by atoms with Crippen LogP contribution < -0.4 is 10.2 Å². The van der Waals surface area contributed by atoms with Crippen molar-refractivity contribution in [2.24, 2.45) is 7.05 Å². The van der Waals surface area contributed by atoms with Crippen molar-refractivity contribution >= 4 is 28.4 Å². The summed E-state index contributed by atoms with van der Waals surface area (Å²) < 4.78 is 1.76. The molecule has 1 aliphatic heterocycles. The van der Waals surface area contributed by atoms with Crippen LogP contribution in [0.2, 0.25) is 0 Å². The van der Waals surface area contributed by atoms with Crippen molar-refractivity contribution < 1.29 is 4.79 Å². The van der Waals surface area contributed by atoms with E-state index in [9.17, 15) is 4.79 Å². The molecule has 0 bridgehead atoms. The molecular formula is C20H25N7O. The van der Waals surface area contributed by atoms with Gasteiger partial charge in [0.2, 0.25) is 5.91 Å². The SMILES string of the molecule is CCc1cccc(NC(=O)CN2CCN(c3ncnc4c3cnn4C)CC2)c1. The molecule has 0 saturated carbocycles. The fourth-order valence-electron chi connectivity index (χ4n) is 3.59. The highest BCUT2D eigenvalue weighted by atomic mass is 16.2. The zero-order valence-electron chi connectivity index (χ0n) is 16.3. The predicted octanol–water partition coefficient (Wildman–Crippen LogP) is 1.69. The maximum atomic E-state index is 12.4. The van der Waals surface area contributed by atoms with Gasteiger partial charge in [0.05, 0.1) is 18.1 Å². The smallest absolute Gasteiger partial charge is 0.238 e. The van der Waals surface area contributed by atoms with Crippen molar-refractivity contribution in [3.8, 4) is 0 Å². The quantitative estimate of drug-likeness (QED) is 0.727. The first-order valence-electron chi connectivity index (χ1n) is 9.63. The summed E-state index contributed by atoms with van der Waals surface area (Å²) in [5.41, 5.74) is 2.92. The summed E-state index contributed by atoms with van der Waals surface area (Å²) in [4.78, 5) is 25.6. The van der Waals surface area contributed by atoms with E-state index in [-0.39, 0.29) is 5.91 Å². The molecule has 0 atom stereocenters. The molecule has 1 N–H and O–H groups in total. The van der Waals surface area contributed by atoms with Gasteiger partial charge >= 0.3 is 0 Å². The molecule has 8 nitrogen and oxygen atoms in total. The Bertz CT molecular complexity index is 976. The maximum Gasteiger partial charge on any atom is 0.238 e. The molecular weight excluding hydrogens is 354 g/mol. The number of carbonyl (C=O) groups is 1. The number of piperazine rings is 1. The fraction of sp³-hybridized carbons (Fsp3) is 0.400. The predicted molar refractivity (Wildman–Crippen MR) is 109 cm³/mol. The van der Waals surface area contributed by atoms with E-state index in [1.807, 2.05) is 31.4 Å². The number of amides is 1. The van der Waals surface area contributed by atoms with Gasteiger partial charge in [-0.05, 0) is 24.1 Å². The van der Waals surface area contributed by atoms with Gasteiger partial charge in [-0.25, -0.2) is 9.97 Å². The second-order valence-corrected chi connectivity index (χ2v) is 7.07. The van der Waals surface area contributed by atoms with Gasteiger partial charge in [0.25, 0.3) is 0 Å². The monoisotopic (exact) mass is 379 g/mol. The highest BCUT2D eigenvalue weighted by Crippen LogP contribution is 2.23. The largest absolute Gasteiger partial charge is 0.353 e. The summed E-state index contributed by atoms with van der Waals surface area (Å²) in [5.74, 6) is 0.942. The molecule has 1 aliphatic rings. The Kier molecular flexibility index (Phi) is 5.21. The molecule has 8 heteroatoms. The number of hydrogen-bond acceptors (Lipinski definition) is 6. The first kappa shape index (κ1) is 18.4. The van der Waals surface area contributed by atoms with Crippen molar-refractivity contribution in [2.75, 3.05) is 42.9 Å². The lowest BCUT2D eigenvalue weighted by Gasteiger charge is -2.35. The van der Waals surface area contributed by atoms with Crippen LogP contribution in [0.1, 0.15) is 12.5 Å². The lowest BCUT2D eigenvalue weighted by atomic mass is 10.1. The molecule has 146 valence electrons. The van der Waals surface area contributed by atoms with Gasteiger partial charge in [0.15, 0.2) is 5.65 Å². The number of aryl methyl sites for hydroxylation is 2. The van der Waals surface area contributed by atoms with Gasteiger partial charge in [0.1, 0.15) is 12.1 Å².